The Balaban J connectivity index is 1.45. The summed E-state index contributed by atoms with van der Waals surface area (Å²) in [6.45, 7) is 3.93. The Labute approximate surface area is 154 Å². The molecule has 1 saturated heterocycles. The number of nitrogens with zero attached hydrogens (tertiary/aromatic N) is 2. The monoisotopic (exact) mass is 357 g/mol. The molecule has 1 aliphatic heterocycles. The summed E-state index contributed by atoms with van der Waals surface area (Å²) in [5, 5.41) is 14.8. The Bertz CT molecular complexity index is 773. The summed E-state index contributed by atoms with van der Waals surface area (Å²) < 4.78 is 14.1. The Morgan fingerprint density at radius 3 is 2.69 bits per heavy atom. The van der Waals surface area contributed by atoms with Gasteiger partial charge in [0.05, 0.1) is 6.10 Å². The largest absolute Gasteiger partial charge is 0.391 e. The van der Waals surface area contributed by atoms with Crippen LogP contribution >= 0.6 is 0 Å². The summed E-state index contributed by atoms with van der Waals surface area (Å²) in [5.74, 6) is -0.268. The quantitative estimate of drug-likeness (QED) is 0.876. The molecule has 4 rings (SSSR count). The minimum absolute atomic E-state index is 0.164. The third-order valence-corrected chi connectivity index (χ3v) is 5.97. The minimum atomic E-state index is -0.268. The molecule has 2 aromatic rings. The maximum Gasteiger partial charge on any atom is 0.149 e. The van der Waals surface area contributed by atoms with Gasteiger partial charge in [-0.3, -0.25) is 4.90 Å². The summed E-state index contributed by atoms with van der Waals surface area (Å²) in [6, 6.07) is 7.86. The van der Waals surface area contributed by atoms with E-state index in [1.165, 1.54) is 12.5 Å². The van der Waals surface area contributed by atoms with Crippen LogP contribution in [-0.2, 0) is 0 Å². The van der Waals surface area contributed by atoms with Crippen molar-refractivity contribution in [1.29, 1.82) is 0 Å². The predicted molar refractivity (Wildman–Crippen MR) is 103 cm³/mol. The zero-order chi connectivity index (χ0) is 18.1. The van der Waals surface area contributed by atoms with Gasteiger partial charge in [0.15, 0.2) is 0 Å². The first-order valence-corrected chi connectivity index (χ1v) is 9.86. The number of aliphatic hydroxyl groups excluding tert-OH is 1. The highest BCUT2D eigenvalue weighted by atomic mass is 19.1. The Kier molecular flexibility index (Phi) is 5.09. The van der Waals surface area contributed by atoms with E-state index in [1.807, 2.05) is 19.1 Å². The van der Waals surface area contributed by atoms with Crippen LogP contribution in [0.25, 0.3) is 10.9 Å². The molecule has 4 nitrogen and oxygen atoms in total. The Morgan fingerprint density at radius 1 is 1.15 bits per heavy atom. The lowest BCUT2D eigenvalue weighted by Gasteiger charge is -2.41. The van der Waals surface area contributed by atoms with Crippen molar-refractivity contribution in [2.45, 2.75) is 63.6 Å². The molecule has 2 unspecified atom stereocenters. The van der Waals surface area contributed by atoms with Crippen LogP contribution in [0.15, 0.2) is 24.3 Å². The molecule has 1 aliphatic carbocycles. The number of fused-ring (bicyclic) bond motifs is 1. The van der Waals surface area contributed by atoms with E-state index in [-0.39, 0.29) is 11.9 Å². The molecule has 2 aliphatic rings. The first kappa shape index (κ1) is 17.7. The van der Waals surface area contributed by atoms with Gasteiger partial charge in [0.1, 0.15) is 11.3 Å². The van der Waals surface area contributed by atoms with Crippen LogP contribution in [-0.4, -0.2) is 46.3 Å². The molecule has 0 spiro atoms. The summed E-state index contributed by atoms with van der Waals surface area (Å²) in [7, 11) is 0. The number of anilines is 1. The van der Waals surface area contributed by atoms with Crippen LogP contribution in [0.1, 0.15) is 44.2 Å². The normalized spacial score (nSPS) is 25.5. The fraction of sp³-hybridized carbons (Fsp3) is 0.571. The van der Waals surface area contributed by atoms with Crippen molar-refractivity contribution < 1.29 is 9.50 Å². The van der Waals surface area contributed by atoms with Crippen molar-refractivity contribution in [3.63, 3.8) is 0 Å². The number of likely N-dealkylation sites (tertiary alicyclic amines) is 1. The number of benzene rings is 1. The van der Waals surface area contributed by atoms with Gasteiger partial charge in [-0.25, -0.2) is 9.37 Å². The van der Waals surface area contributed by atoms with Gasteiger partial charge in [-0.1, -0.05) is 25.0 Å². The molecule has 5 heteroatoms. The zero-order valence-electron chi connectivity index (χ0n) is 15.4. The molecule has 140 valence electrons. The number of halogens is 1. The highest BCUT2D eigenvalue weighted by Gasteiger charge is 2.31. The van der Waals surface area contributed by atoms with Gasteiger partial charge in [0.25, 0.3) is 0 Å². The molecule has 2 fully saturated rings. The highest BCUT2D eigenvalue weighted by molar-refractivity contribution is 5.91. The smallest absolute Gasteiger partial charge is 0.149 e. The van der Waals surface area contributed by atoms with Crippen molar-refractivity contribution in [2.75, 3.05) is 18.4 Å². The second-order valence-electron chi connectivity index (χ2n) is 7.82. The molecule has 2 N–H and O–H groups in total. The summed E-state index contributed by atoms with van der Waals surface area (Å²) in [4.78, 5) is 6.83. The van der Waals surface area contributed by atoms with E-state index < -0.39 is 0 Å². The number of piperidine rings is 1. The number of hydrogen-bond donors (Lipinski definition) is 2. The molecule has 0 radical (unpaired) electrons. The first-order chi connectivity index (χ1) is 12.6. The van der Waals surface area contributed by atoms with Crippen LogP contribution in [0.5, 0.6) is 0 Å². The van der Waals surface area contributed by atoms with E-state index in [9.17, 15) is 9.50 Å². The van der Waals surface area contributed by atoms with Crippen molar-refractivity contribution in [2.24, 2.45) is 0 Å². The van der Waals surface area contributed by atoms with Gasteiger partial charge in [-0.15, -0.1) is 0 Å². The van der Waals surface area contributed by atoms with Gasteiger partial charge in [0.2, 0.25) is 0 Å². The number of rotatable bonds is 3. The van der Waals surface area contributed by atoms with Crippen LogP contribution < -0.4 is 5.32 Å². The highest BCUT2D eigenvalue weighted by Crippen LogP contribution is 2.29. The second kappa shape index (κ2) is 7.49. The van der Waals surface area contributed by atoms with E-state index in [4.69, 9.17) is 0 Å². The summed E-state index contributed by atoms with van der Waals surface area (Å²) in [5.41, 5.74) is 2.24. The topological polar surface area (TPSA) is 48.4 Å². The number of aromatic nitrogens is 1. The SMILES string of the molecule is Cc1cc(NC2CCN(C3CCCCC3O)CC2)c2cccc(F)c2n1. The molecule has 2 atom stereocenters. The number of nitrogens with one attached hydrogen (secondary N) is 1. The van der Waals surface area contributed by atoms with Crippen LogP contribution in [0.2, 0.25) is 0 Å². The summed E-state index contributed by atoms with van der Waals surface area (Å²) >= 11 is 0. The molecule has 26 heavy (non-hydrogen) atoms. The zero-order valence-corrected chi connectivity index (χ0v) is 15.4. The Hall–Kier alpha value is -1.72. The van der Waals surface area contributed by atoms with Gasteiger partial charge in [0, 0.05) is 41.9 Å². The third kappa shape index (κ3) is 3.55. The number of pyridine rings is 1. The van der Waals surface area contributed by atoms with E-state index in [2.05, 4.69) is 15.2 Å². The molecule has 0 amide bonds. The molecule has 1 saturated carbocycles. The van der Waals surface area contributed by atoms with Crippen LogP contribution in [0, 0.1) is 12.7 Å². The van der Waals surface area contributed by atoms with Crippen molar-refractivity contribution in [3.8, 4) is 0 Å². The number of para-hydroxylation sites is 1. The fourth-order valence-electron chi connectivity index (χ4n) is 4.57. The molecular weight excluding hydrogens is 329 g/mol. The minimum Gasteiger partial charge on any atom is -0.391 e. The third-order valence-electron chi connectivity index (χ3n) is 5.97. The van der Waals surface area contributed by atoms with Gasteiger partial charge >= 0.3 is 0 Å². The van der Waals surface area contributed by atoms with E-state index in [0.29, 0.717) is 17.6 Å². The lowest BCUT2D eigenvalue weighted by atomic mass is 9.89. The van der Waals surface area contributed by atoms with E-state index in [0.717, 1.165) is 62.0 Å². The average molecular weight is 357 g/mol. The maximum absolute atomic E-state index is 14.1. The standard InChI is InChI=1S/C21H28FN3O/c1-14-13-18(16-5-4-6-17(22)21(16)23-14)24-15-9-11-25(12-10-15)19-7-2-3-8-20(19)26/h4-6,13,15,19-20,26H,2-3,7-12H2,1H3,(H,23,24). The molecule has 1 aromatic heterocycles. The van der Waals surface area contributed by atoms with Gasteiger partial charge in [-0.05, 0) is 44.7 Å². The number of hydrogen-bond acceptors (Lipinski definition) is 4. The van der Waals surface area contributed by atoms with Crippen molar-refractivity contribution in [3.05, 3.63) is 35.8 Å². The molecular formula is C21H28FN3O. The van der Waals surface area contributed by atoms with E-state index >= 15 is 0 Å². The van der Waals surface area contributed by atoms with Crippen LogP contribution in [0.3, 0.4) is 0 Å². The molecule has 1 aromatic carbocycles. The second-order valence-corrected chi connectivity index (χ2v) is 7.82. The van der Waals surface area contributed by atoms with Gasteiger partial charge in [-0.2, -0.15) is 0 Å². The lowest BCUT2D eigenvalue weighted by Crippen LogP contribution is -2.50. The Morgan fingerprint density at radius 2 is 1.92 bits per heavy atom. The lowest BCUT2D eigenvalue weighted by molar-refractivity contribution is 0.00994. The van der Waals surface area contributed by atoms with E-state index in [1.54, 1.807) is 6.07 Å². The molecule has 0 bridgehead atoms. The van der Waals surface area contributed by atoms with Crippen molar-refractivity contribution >= 4 is 16.6 Å². The summed E-state index contributed by atoms with van der Waals surface area (Å²) in [6.07, 6.45) is 6.36. The number of aliphatic hydroxyl groups is 1. The fourth-order valence-corrected chi connectivity index (χ4v) is 4.57. The average Bonchev–Trinajstić information content (AvgIpc) is 2.64. The maximum atomic E-state index is 14.1. The first-order valence-electron chi connectivity index (χ1n) is 9.86. The molecule has 2 heterocycles. The van der Waals surface area contributed by atoms with Crippen LogP contribution in [0.4, 0.5) is 10.1 Å². The predicted octanol–water partition coefficient (Wildman–Crippen LogP) is 3.86. The van der Waals surface area contributed by atoms with Crippen molar-refractivity contribution in [1.82, 2.24) is 9.88 Å². The van der Waals surface area contributed by atoms with Gasteiger partial charge < -0.3 is 10.4 Å². The number of aryl methyl sites for hydroxylation is 1.